The number of hydrogen-bond donors (Lipinski definition) is 3. The van der Waals surface area contributed by atoms with Crippen molar-refractivity contribution in [3.63, 3.8) is 0 Å². The minimum absolute atomic E-state index is 0.0662. The highest BCUT2D eigenvalue weighted by Gasteiger charge is 2.26. The molecule has 1 aromatic carbocycles. The van der Waals surface area contributed by atoms with Gasteiger partial charge in [0, 0.05) is 18.2 Å². The average Bonchev–Trinajstić information content (AvgIpc) is 2.26. The summed E-state index contributed by atoms with van der Waals surface area (Å²) in [4.78, 5) is 13.3. The van der Waals surface area contributed by atoms with Crippen LogP contribution in [0.15, 0.2) is 18.2 Å². The van der Waals surface area contributed by atoms with E-state index in [0.29, 0.717) is 23.8 Å². The molecular formula is C13H19N3O2. The molecule has 0 aliphatic heterocycles. The second-order valence-corrected chi connectivity index (χ2v) is 4.64. The number of rotatable bonds is 5. The van der Waals surface area contributed by atoms with Crippen LogP contribution in [0.3, 0.4) is 0 Å². The van der Waals surface area contributed by atoms with E-state index in [0.717, 1.165) is 18.5 Å². The van der Waals surface area contributed by atoms with Crippen LogP contribution < -0.4 is 16.4 Å². The summed E-state index contributed by atoms with van der Waals surface area (Å²) < 4.78 is 0. The summed E-state index contributed by atoms with van der Waals surface area (Å²) in [7, 11) is 0. The maximum Gasteiger partial charge on any atom is 0.248 e. The molecule has 0 spiro atoms. The minimum Gasteiger partial charge on any atom is -0.397 e. The molecule has 0 atom stereocenters. The zero-order valence-electron chi connectivity index (χ0n) is 10.3. The molecule has 0 aromatic heterocycles. The number of anilines is 2. The van der Waals surface area contributed by atoms with Crippen LogP contribution in [0.1, 0.15) is 29.6 Å². The number of amides is 1. The monoisotopic (exact) mass is 249 g/mol. The molecule has 1 aromatic rings. The highest BCUT2D eigenvalue weighted by atomic mass is 16.3. The zero-order valence-corrected chi connectivity index (χ0v) is 10.3. The number of primary amides is 1. The lowest BCUT2D eigenvalue weighted by molar-refractivity contribution is 0.100. The second-order valence-electron chi connectivity index (χ2n) is 4.64. The lowest BCUT2D eigenvalue weighted by atomic mass is 9.90. The maximum absolute atomic E-state index is 11.2. The van der Waals surface area contributed by atoms with Gasteiger partial charge in [-0.15, -0.1) is 0 Å². The molecule has 2 rings (SSSR count). The van der Waals surface area contributed by atoms with E-state index in [9.17, 15) is 4.79 Å². The molecular weight excluding hydrogens is 230 g/mol. The molecule has 0 unspecified atom stereocenters. The number of nitrogens with two attached hydrogens (primary N) is 2. The quantitative estimate of drug-likeness (QED) is 0.670. The molecule has 0 radical (unpaired) electrons. The van der Waals surface area contributed by atoms with E-state index in [2.05, 4.69) is 4.90 Å². The summed E-state index contributed by atoms with van der Waals surface area (Å²) in [5.74, 6) is -0.464. The van der Waals surface area contributed by atoms with Gasteiger partial charge < -0.3 is 21.5 Å². The molecule has 98 valence electrons. The first-order valence-corrected chi connectivity index (χ1v) is 6.20. The fourth-order valence-corrected chi connectivity index (χ4v) is 2.25. The van der Waals surface area contributed by atoms with Crippen molar-refractivity contribution in [2.24, 2.45) is 5.73 Å². The third kappa shape index (κ3) is 2.41. The number of hydrogen-bond acceptors (Lipinski definition) is 4. The van der Waals surface area contributed by atoms with E-state index in [1.165, 1.54) is 6.42 Å². The Hall–Kier alpha value is -1.75. The first-order valence-electron chi connectivity index (χ1n) is 6.20. The molecule has 5 N–H and O–H groups in total. The van der Waals surface area contributed by atoms with Gasteiger partial charge in [0.25, 0.3) is 0 Å². The SMILES string of the molecule is NC(=O)c1ccc(N)c(N(CCO)C2CCC2)c1. The van der Waals surface area contributed by atoms with E-state index in [1.54, 1.807) is 18.2 Å². The molecule has 5 heteroatoms. The Balaban J connectivity index is 2.32. The molecule has 1 aliphatic rings. The zero-order chi connectivity index (χ0) is 13.1. The van der Waals surface area contributed by atoms with Gasteiger partial charge in [-0.2, -0.15) is 0 Å². The minimum atomic E-state index is -0.464. The smallest absolute Gasteiger partial charge is 0.248 e. The lowest BCUT2D eigenvalue weighted by Crippen LogP contribution is -2.42. The number of nitrogens with zero attached hydrogens (tertiary/aromatic N) is 1. The normalized spacial score (nSPS) is 15.2. The van der Waals surface area contributed by atoms with Gasteiger partial charge in [-0.25, -0.2) is 0 Å². The van der Waals surface area contributed by atoms with Crippen molar-refractivity contribution in [3.8, 4) is 0 Å². The summed E-state index contributed by atoms with van der Waals surface area (Å²) in [6.45, 7) is 0.591. The molecule has 1 fully saturated rings. The van der Waals surface area contributed by atoms with Crippen LogP contribution in [0.4, 0.5) is 11.4 Å². The van der Waals surface area contributed by atoms with Gasteiger partial charge in [0.2, 0.25) is 5.91 Å². The Labute approximate surface area is 106 Å². The van der Waals surface area contributed by atoms with Gasteiger partial charge in [-0.1, -0.05) is 0 Å². The first-order chi connectivity index (χ1) is 8.63. The molecule has 1 amide bonds. The van der Waals surface area contributed by atoms with Crippen LogP contribution in [-0.2, 0) is 0 Å². The predicted molar refractivity (Wildman–Crippen MR) is 71.4 cm³/mol. The Morgan fingerprint density at radius 3 is 2.67 bits per heavy atom. The van der Waals surface area contributed by atoms with Gasteiger partial charge in [0.05, 0.1) is 18.0 Å². The van der Waals surface area contributed by atoms with Crippen LogP contribution in [0.2, 0.25) is 0 Å². The fourth-order valence-electron chi connectivity index (χ4n) is 2.25. The van der Waals surface area contributed by atoms with Gasteiger partial charge in [-0.3, -0.25) is 4.79 Å². The van der Waals surface area contributed by atoms with E-state index in [1.807, 2.05) is 0 Å². The van der Waals surface area contributed by atoms with Gasteiger partial charge in [-0.05, 0) is 37.5 Å². The van der Waals surface area contributed by atoms with Crippen molar-refractivity contribution in [2.75, 3.05) is 23.8 Å². The predicted octanol–water partition coefficient (Wildman–Crippen LogP) is 0.719. The molecule has 0 bridgehead atoms. The summed E-state index contributed by atoms with van der Waals surface area (Å²) in [5.41, 5.74) is 13.1. The number of nitrogen functional groups attached to an aromatic ring is 1. The maximum atomic E-state index is 11.2. The van der Waals surface area contributed by atoms with Crippen molar-refractivity contribution in [2.45, 2.75) is 25.3 Å². The van der Waals surface area contributed by atoms with Crippen molar-refractivity contribution in [3.05, 3.63) is 23.8 Å². The Morgan fingerprint density at radius 2 is 2.17 bits per heavy atom. The molecule has 1 aliphatic carbocycles. The Morgan fingerprint density at radius 1 is 1.44 bits per heavy atom. The molecule has 18 heavy (non-hydrogen) atoms. The molecule has 0 saturated heterocycles. The second kappa shape index (κ2) is 5.27. The highest BCUT2D eigenvalue weighted by Crippen LogP contribution is 2.33. The van der Waals surface area contributed by atoms with Crippen LogP contribution in [0, 0.1) is 0 Å². The number of aliphatic hydroxyl groups excluding tert-OH is 1. The largest absolute Gasteiger partial charge is 0.397 e. The van der Waals surface area contributed by atoms with E-state index >= 15 is 0 Å². The van der Waals surface area contributed by atoms with Crippen molar-refractivity contribution in [1.82, 2.24) is 0 Å². The summed E-state index contributed by atoms with van der Waals surface area (Å²) in [5, 5.41) is 9.16. The number of aliphatic hydroxyl groups is 1. The lowest BCUT2D eigenvalue weighted by Gasteiger charge is -2.39. The van der Waals surface area contributed by atoms with Gasteiger partial charge >= 0.3 is 0 Å². The molecule has 5 nitrogen and oxygen atoms in total. The standard InChI is InChI=1S/C13H19N3O2/c14-11-5-4-9(13(15)18)8-12(11)16(6-7-17)10-2-1-3-10/h4-5,8,10,17H,1-3,6-7,14H2,(H2,15,18). The van der Waals surface area contributed by atoms with Gasteiger partial charge in [0.15, 0.2) is 0 Å². The summed E-state index contributed by atoms with van der Waals surface area (Å²) in [6.07, 6.45) is 3.39. The van der Waals surface area contributed by atoms with Crippen LogP contribution in [0.5, 0.6) is 0 Å². The van der Waals surface area contributed by atoms with Crippen molar-refractivity contribution < 1.29 is 9.90 Å². The van der Waals surface area contributed by atoms with E-state index in [-0.39, 0.29) is 6.61 Å². The van der Waals surface area contributed by atoms with Crippen molar-refractivity contribution >= 4 is 17.3 Å². The van der Waals surface area contributed by atoms with E-state index in [4.69, 9.17) is 16.6 Å². The fraction of sp³-hybridized carbons (Fsp3) is 0.462. The van der Waals surface area contributed by atoms with Gasteiger partial charge in [0.1, 0.15) is 0 Å². The van der Waals surface area contributed by atoms with Crippen LogP contribution in [-0.4, -0.2) is 30.2 Å². The summed E-state index contributed by atoms with van der Waals surface area (Å²) in [6, 6.07) is 5.44. The van der Waals surface area contributed by atoms with E-state index < -0.39 is 5.91 Å². The number of carbonyl (C=O) groups excluding carboxylic acids is 1. The first kappa shape index (κ1) is 12.7. The Bertz CT molecular complexity index is 444. The number of carbonyl (C=O) groups is 1. The van der Waals surface area contributed by atoms with Crippen LogP contribution >= 0.6 is 0 Å². The topological polar surface area (TPSA) is 92.6 Å². The Kier molecular flexibility index (Phi) is 3.72. The molecule has 0 heterocycles. The number of benzene rings is 1. The van der Waals surface area contributed by atoms with Crippen LogP contribution in [0.25, 0.3) is 0 Å². The van der Waals surface area contributed by atoms with Crippen molar-refractivity contribution in [1.29, 1.82) is 0 Å². The third-order valence-corrected chi connectivity index (χ3v) is 3.48. The summed E-state index contributed by atoms with van der Waals surface area (Å²) >= 11 is 0. The highest BCUT2D eigenvalue weighted by molar-refractivity contribution is 5.95. The molecule has 1 saturated carbocycles. The average molecular weight is 249 g/mol. The third-order valence-electron chi connectivity index (χ3n) is 3.48.